The van der Waals surface area contributed by atoms with Crippen LogP contribution in [-0.4, -0.2) is 35.5 Å². The first-order chi connectivity index (χ1) is 8.09. The van der Waals surface area contributed by atoms with E-state index in [9.17, 15) is 9.59 Å². The summed E-state index contributed by atoms with van der Waals surface area (Å²) in [5, 5.41) is 10.5. The summed E-state index contributed by atoms with van der Waals surface area (Å²) < 4.78 is 0. The summed E-state index contributed by atoms with van der Waals surface area (Å²) in [7, 11) is 1.76. The quantitative estimate of drug-likeness (QED) is 0.810. The van der Waals surface area contributed by atoms with E-state index in [2.05, 4.69) is 0 Å². The normalized spacial score (nSPS) is 10.2. The number of aliphatic carboxylic acids is 1. The van der Waals surface area contributed by atoms with Crippen LogP contribution in [-0.2, 0) is 16.0 Å². The average molecular weight is 255 g/mol. The highest BCUT2D eigenvalue weighted by Crippen LogP contribution is 2.10. The Labute approximate surface area is 105 Å². The summed E-state index contributed by atoms with van der Waals surface area (Å²) >= 11 is 1.68. The summed E-state index contributed by atoms with van der Waals surface area (Å²) in [5.74, 6) is -0.832. The third kappa shape index (κ3) is 5.49. The minimum Gasteiger partial charge on any atom is -0.481 e. The van der Waals surface area contributed by atoms with Gasteiger partial charge in [0.25, 0.3) is 0 Å². The first kappa shape index (κ1) is 13.7. The van der Waals surface area contributed by atoms with Crippen molar-refractivity contribution < 1.29 is 14.7 Å². The molecule has 4 nitrogen and oxygen atoms in total. The Morgan fingerprint density at radius 3 is 2.76 bits per heavy atom. The second-order valence-electron chi connectivity index (χ2n) is 3.89. The zero-order valence-electron chi connectivity index (χ0n) is 9.89. The van der Waals surface area contributed by atoms with Gasteiger partial charge < -0.3 is 10.0 Å². The van der Waals surface area contributed by atoms with E-state index in [4.69, 9.17) is 5.11 Å². The number of hydrogen-bond acceptors (Lipinski definition) is 3. The predicted molar refractivity (Wildman–Crippen MR) is 67.1 cm³/mol. The lowest BCUT2D eigenvalue weighted by Gasteiger charge is -2.16. The third-order valence-corrected chi connectivity index (χ3v) is 3.42. The summed E-state index contributed by atoms with van der Waals surface area (Å²) in [6.45, 7) is 0.687. The molecule has 0 unspecified atom stereocenters. The van der Waals surface area contributed by atoms with Crippen LogP contribution < -0.4 is 0 Å². The molecule has 1 amide bonds. The van der Waals surface area contributed by atoms with Crippen molar-refractivity contribution in [1.82, 2.24) is 4.90 Å². The van der Waals surface area contributed by atoms with E-state index in [1.54, 1.807) is 23.3 Å². The van der Waals surface area contributed by atoms with Crippen LogP contribution >= 0.6 is 11.3 Å². The molecule has 0 aliphatic rings. The van der Waals surface area contributed by atoms with E-state index < -0.39 is 5.97 Å². The molecule has 17 heavy (non-hydrogen) atoms. The zero-order valence-corrected chi connectivity index (χ0v) is 10.7. The number of carboxylic acids is 1. The van der Waals surface area contributed by atoms with Gasteiger partial charge in [0.2, 0.25) is 5.91 Å². The predicted octanol–water partition coefficient (Wildman–Crippen LogP) is 2.00. The fraction of sp³-hybridized carbons (Fsp3) is 0.500. The molecule has 0 atom stereocenters. The van der Waals surface area contributed by atoms with E-state index in [0.717, 1.165) is 6.42 Å². The molecule has 1 aromatic rings. The SMILES string of the molecule is CN(CCc1cccs1)C(=O)CCCC(=O)O. The second-order valence-corrected chi connectivity index (χ2v) is 4.92. The van der Waals surface area contributed by atoms with Gasteiger partial charge in [-0.1, -0.05) is 6.07 Å². The minimum atomic E-state index is -0.848. The first-order valence-electron chi connectivity index (χ1n) is 5.57. The van der Waals surface area contributed by atoms with Crippen LogP contribution in [0.2, 0.25) is 0 Å². The molecule has 5 heteroatoms. The van der Waals surface area contributed by atoms with Gasteiger partial charge in [-0.25, -0.2) is 0 Å². The van der Waals surface area contributed by atoms with Crippen molar-refractivity contribution in [2.75, 3.05) is 13.6 Å². The molecule has 94 valence electrons. The molecule has 0 spiro atoms. The van der Waals surface area contributed by atoms with Gasteiger partial charge in [-0.15, -0.1) is 11.3 Å². The van der Waals surface area contributed by atoms with Gasteiger partial charge in [0.15, 0.2) is 0 Å². The molecule has 1 aromatic heterocycles. The van der Waals surface area contributed by atoms with Crippen molar-refractivity contribution in [3.63, 3.8) is 0 Å². The summed E-state index contributed by atoms with van der Waals surface area (Å²) in [5.41, 5.74) is 0. The number of thiophene rings is 1. The van der Waals surface area contributed by atoms with Crippen molar-refractivity contribution in [2.45, 2.75) is 25.7 Å². The van der Waals surface area contributed by atoms with E-state index in [-0.39, 0.29) is 12.3 Å². The summed E-state index contributed by atoms with van der Waals surface area (Å²) in [6.07, 6.45) is 1.65. The van der Waals surface area contributed by atoms with Crippen LogP contribution in [0.5, 0.6) is 0 Å². The second kappa shape index (κ2) is 7.06. The Kier molecular flexibility index (Phi) is 5.69. The van der Waals surface area contributed by atoms with E-state index in [0.29, 0.717) is 19.4 Å². The highest BCUT2D eigenvalue weighted by molar-refractivity contribution is 7.09. The molecular weight excluding hydrogens is 238 g/mol. The Morgan fingerprint density at radius 2 is 2.18 bits per heavy atom. The maximum Gasteiger partial charge on any atom is 0.303 e. The van der Waals surface area contributed by atoms with Crippen LogP contribution in [0.3, 0.4) is 0 Å². The maximum atomic E-state index is 11.6. The Hall–Kier alpha value is -1.36. The fourth-order valence-electron chi connectivity index (χ4n) is 1.44. The molecule has 1 rings (SSSR count). The van der Waals surface area contributed by atoms with Crippen LogP contribution in [0.25, 0.3) is 0 Å². The zero-order chi connectivity index (χ0) is 12.7. The molecule has 0 bridgehead atoms. The third-order valence-electron chi connectivity index (χ3n) is 2.48. The van der Waals surface area contributed by atoms with E-state index in [1.165, 1.54) is 4.88 Å². The van der Waals surface area contributed by atoms with Crippen molar-refractivity contribution in [2.24, 2.45) is 0 Å². The van der Waals surface area contributed by atoms with Crippen molar-refractivity contribution in [3.05, 3.63) is 22.4 Å². The minimum absolute atomic E-state index is 0.0165. The number of rotatable bonds is 7. The van der Waals surface area contributed by atoms with Gasteiger partial charge in [-0.05, 0) is 24.3 Å². The molecule has 1 N–H and O–H groups in total. The van der Waals surface area contributed by atoms with Crippen LogP contribution in [0.15, 0.2) is 17.5 Å². The number of nitrogens with zero attached hydrogens (tertiary/aromatic N) is 1. The standard InChI is InChI=1S/C12H17NO3S/c1-13(8-7-10-4-3-9-17-10)11(14)5-2-6-12(15)16/h3-4,9H,2,5-8H2,1H3,(H,15,16). The van der Waals surface area contributed by atoms with E-state index in [1.807, 2.05) is 17.5 Å². The Morgan fingerprint density at radius 1 is 1.41 bits per heavy atom. The van der Waals surface area contributed by atoms with Crippen LogP contribution in [0, 0.1) is 0 Å². The summed E-state index contributed by atoms with van der Waals surface area (Å²) in [6, 6.07) is 4.04. The lowest BCUT2D eigenvalue weighted by atomic mass is 10.2. The molecule has 1 heterocycles. The van der Waals surface area contributed by atoms with Crippen molar-refractivity contribution in [3.8, 4) is 0 Å². The monoisotopic (exact) mass is 255 g/mol. The number of carbonyl (C=O) groups excluding carboxylic acids is 1. The fourth-order valence-corrected chi connectivity index (χ4v) is 2.14. The van der Waals surface area contributed by atoms with Gasteiger partial charge in [0.1, 0.15) is 0 Å². The van der Waals surface area contributed by atoms with Crippen LogP contribution in [0.4, 0.5) is 0 Å². The van der Waals surface area contributed by atoms with Gasteiger partial charge in [-0.2, -0.15) is 0 Å². The highest BCUT2D eigenvalue weighted by atomic mass is 32.1. The average Bonchev–Trinajstić information content (AvgIpc) is 2.78. The number of carboxylic acid groups (broad SMARTS) is 1. The molecule has 0 aromatic carbocycles. The number of carbonyl (C=O) groups is 2. The number of amides is 1. The lowest BCUT2D eigenvalue weighted by Crippen LogP contribution is -2.28. The van der Waals surface area contributed by atoms with Crippen molar-refractivity contribution in [1.29, 1.82) is 0 Å². The maximum absolute atomic E-state index is 11.6. The first-order valence-corrected chi connectivity index (χ1v) is 6.45. The molecule has 0 fully saturated rings. The van der Waals surface area contributed by atoms with E-state index >= 15 is 0 Å². The topological polar surface area (TPSA) is 57.6 Å². The van der Waals surface area contributed by atoms with Gasteiger partial charge in [0.05, 0.1) is 0 Å². The Balaban J connectivity index is 2.20. The van der Waals surface area contributed by atoms with Gasteiger partial charge >= 0.3 is 5.97 Å². The number of likely N-dealkylation sites (N-methyl/N-ethyl adjacent to an activating group) is 1. The highest BCUT2D eigenvalue weighted by Gasteiger charge is 2.09. The molecule has 0 aliphatic heterocycles. The van der Waals surface area contributed by atoms with Crippen LogP contribution in [0.1, 0.15) is 24.1 Å². The molecule has 0 aliphatic carbocycles. The Bertz CT molecular complexity index is 362. The van der Waals surface area contributed by atoms with Gasteiger partial charge in [0, 0.05) is 31.3 Å². The lowest BCUT2D eigenvalue weighted by molar-refractivity contribution is -0.137. The van der Waals surface area contributed by atoms with Gasteiger partial charge in [-0.3, -0.25) is 9.59 Å². The largest absolute Gasteiger partial charge is 0.481 e. The van der Waals surface area contributed by atoms with Crippen molar-refractivity contribution >= 4 is 23.2 Å². The molecular formula is C12H17NO3S. The summed E-state index contributed by atoms with van der Waals surface area (Å²) in [4.78, 5) is 24.9. The molecule has 0 saturated heterocycles. The number of hydrogen-bond donors (Lipinski definition) is 1. The molecule has 0 radical (unpaired) electrons. The molecule has 0 saturated carbocycles. The smallest absolute Gasteiger partial charge is 0.303 e.